The Balaban J connectivity index is 0.00000312. The molecule has 132 valence electrons. The number of nitrogens with zero attached hydrogens (tertiary/aromatic N) is 2. The molecule has 0 unspecified atom stereocenters. The van der Waals surface area contributed by atoms with Crippen molar-refractivity contribution in [2.24, 2.45) is 10.7 Å². The minimum Gasteiger partial charge on any atom is -0.493 e. The van der Waals surface area contributed by atoms with E-state index in [1.165, 1.54) is 25.3 Å². The summed E-state index contributed by atoms with van der Waals surface area (Å²) in [6, 6.07) is 11.3. The molecule has 0 saturated carbocycles. The molecule has 0 spiro atoms. The van der Waals surface area contributed by atoms with Crippen LogP contribution in [-0.4, -0.2) is 20.2 Å². The van der Waals surface area contributed by atoms with Gasteiger partial charge in [0.25, 0.3) is 0 Å². The number of nitrogens with one attached hydrogen (secondary N) is 1. The third kappa shape index (κ3) is 5.49. The van der Waals surface area contributed by atoms with Crippen LogP contribution in [-0.2, 0) is 6.54 Å². The summed E-state index contributed by atoms with van der Waals surface area (Å²) in [5.41, 5.74) is 7.09. The van der Waals surface area contributed by atoms with Crippen LogP contribution in [0.4, 0.5) is 10.1 Å². The molecule has 0 aliphatic rings. The summed E-state index contributed by atoms with van der Waals surface area (Å²) in [6.45, 7) is 0.0592. The van der Waals surface area contributed by atoms with Gasteiger partial charge in [-0.05, 0) is 24.3 Å². The SMILES string of the molecule is COc1ccc(NC(N)=NCc2ccc(C#N)cc2F)cc1OC.I. The monoisotopic (exact) mass is 456 g/mol. The maximum Gasteiger partial charge on any atom is 0.193 e. The number of rotatable bonds is 5. The van der Waals surface area contributed by atoms with Gasteiger partial charge in [0.2, 0.25) is 0 Å². The number of nitrogens with two attached hydrogens (primary N) is 1. The van der Waals surface area contributed by atoms with Gasteiger partial charge in [-0.3, -0.25) is 0 Å². The van der Waals surface area contributed by atoms with E-state index in [0.717, 1.165) is 0 Å². The molecule has 0 aliphatic heterocycles. The van der Waals surface area contributed by atoms with Gasteiger partial charge in [0.15, 0.2) is 17.5 Å². The molecule has 2 aromatic rings. The molecule has 0 heterocycles. The molecule has 2 aromatic carbocycles. The number of anilines is 1. The number of halogens is 2. The van der Waals surface area contributed by atoms with Crippen molar-refractivity contribution in [3.63, 3.8) is 0 Å². The van der Waals surface area contributed by atoms with E-state index < -0.39 is 5.82 Å². The molecule has 0 aliphatic carbocycles. The number of methoxy groups -OCH3 is 2. The van der Waals surface area contributed by atoms with Crippen LogP contribution in [0.15, 0.2) is 41.4 Å². The summed E-state index contributed by atoms with van der Waals surface area (Å²) < 4.78 is 24.1. The zero-order chi connectivity index (χ0) is 17.5. The first-order valence-corrected chi connectivity index (χ1v) is 7.05. The Morgan fingerprint density at radius 3 is 2.52 bits per heavy atom. The Hall–Kier alpha value is -2.54. The average molecular weight is 456 g/mol. The first-order chi connectivity index (χ1) is 11.6. The lowest BCUT2D eigenvalue weighted by Crippen LogP contribution is -2.22. The number of hydrogen-bond donors (Lipinski definition) is 2. The third-order valence-corrected chi connectivity index (χ3v) is 3.26. The summed E-state index contributed by atoms with van der Waals surface area (Å²) in [5, 5.41) is 11.6. The second kappa shape index (κ2) is 9.68. The quantitative estimate of drug-likeness (QED) is 0.410. The molecular formula is C17H18FIN4O2. The summed E-state index contributed by atoms with van der Waals surface area (Å²) in [4.78, 5) is 4.09. The van der Waals surface area contributed by atoms with Gasteiger partial charge < -0.3 is 20.5 Å². The fraction of sp³-hybridized carbons (Fsp3) is 0.176. The van der Waals surface area contributed by atoms with E-state index in [0.29, 0.717) is 22.7 Å². The van der Waals surface area contributed by atoms with E-state index in [1.54, 1.807) is 25.3 Å². The lowest BCUT2D eigenvalue weighted by molar-refractivity contribution is 0.355. The minimum absolute atomic E-state index is 0. The van der Waals surface area contributed by atoms with Crippen LogP contribution >= 0.6 is 24.0 Å². The normalized spacial score (nSPS) is 10.4. The van der Waals surface area contributed by atoms with Crippen molar-refractivity contribution < 1.29 is 13.9 Å². The van der Waals surface area contributed by atoms with Crippen LogP contribution in [0.5, 0.6) is 11.5 Å². The van der Waals surface area contributed by atoms with Gasteiger partial charge in [-0.15, -0.1) is 24.0 Å². The predicted octanol–water partition coefficient (Wildman–Crippen LogP) is 3.26. The minimum atomic E-state index is -0.489. The predicted molar refractivity (Wildman–Crippen MR) is 105 cm³/mol. The first kappa shape index (κ1) is 20.5. The van der Waals surface area contributed by atoms with E-state index in [2.05, 4.69) is 10.3 Å². The molecule has 2 rings (SSSR count). The maximum atomic E-state index is 13.8. The lowest BCUT2D eigenvalue weighted by atomic mass is 10.1. The highest BCUT2D eigenvalue weighted by Crippen LogP contribution is 2.29. The van der Waals surface area contributed by atoms with Crippen LogP contribution in [0, 0.1) is 17.1 Å². The summed E-state index contributed by atoms with van der Waals surface area (Å²) >= 11 is 0. The van der Waals surface area contributed by atoms with Gasteiger partial charge in [-0.25, -0.2) is 9.38 Å². The number of ether oxygens (including phenoxy) is 2. The Morgan fingerprint density at radius 1 is 1.20 bits per heavy atom. The molecule has 0 saturated heterocycles. The van der Waals surface area contributed by atoms with Crippen molar-refractivity contribution >= 4 is 35.6 Å². The van der Waals surface area contributed by atoms with Crippen molar-refractivity contribution in [2.45, 2.75) is 6.54 Å². The Morgan fingerprint density at radius 2 is 1.92 bits per heavy atom. The largest absolute Gasteiger partial charge is 0.493 e. The number of aliphatic imine (C=N–C) groups is 1. The molecule has 0 aromatic heterocycles. The van der Waals surface area contributed by atoms with Crippen molar-refractivity contribution in [3.05, 3.63) is 53.3 Å². The second-order valence-electron chi connectivity index (χ2n) is 4.81. The fourth-order valence-electron chi connectivity index (χ4n) is 2.02. The maximum absolute atomic E-state index is 13.8. The van der Waals surface area contributed by atoms with Crippen LogP contribution < -0.4 is 20.5 Å². The molecule has 0 amide bonds. The molecule has 25 heavy (non-hydrogen) atoms. The number of nitriles is 1. The third-order valence-electron chi connectivity index (χ3n) is 3.26. The molecule has 8 heteroatoms. The van der Waals surface area contributed by atoms with Crippen molar-refractivity contribution in [1.82, 2.24) is 0 Å². The molecule has 6 nitrogen and oxygen atoms in total. The highest BCUT2D eigenvalue weighted by atomic mass is 127. The van der Waals surface area contributed by atoms with Crippen molar-refractivity contribution in [2.75, 3.05) is 19.5 Å². The van der Waals surface area contributed by atoms with Crippen LogP contribution in [0.1, 0.15) is 11.1 Å². The van der Waals surface area contributed by atoms with Gasteiger partial charge in [0.05, 0.1) is 32.4 Å². The Kier molecular flexibility index (Phi) is 7.94. The van der Waals surface area contributed by atoms with Gasteiger partial charge in [-0.1, -0.05) is 6.07 Å². The number of guanidine groups is 1. The fourth-order valence-corrected chi connectivity index (χ4v) is 2.02. The molecule has 0 bridgehead atoms. The molecule has 3 N–H and O–H groups in total. The average Bonchev–Trinajstić information content (AvgIpc) is 2.60. The molecule has 0 atom stereocenters. The Bertz CT molecular complexity index is 806. The molecule has 0 radical (unpaired) electrons. The van der Waals surface area contributed by atoms with Crippen LogP contribution in [0.25, 0.3) is 0 Å². The van der Waals surface area contributed by atoms with E-state index in [9.17, 15) is 4.39 Å². The highest BCUT2D eigenvalue weighted by Gasteiger charge is 2.06. The van der Waals surface area contributed by atoms with E-state index in [-0.39, 0.29) is 42.0 Å². The first-order valence-electron chi connectivity index (χ1n) is 7.05. The van der Waals surface area contributed by atoms with Gasteiger partial charge in [0, 0.05) is 17.3 Å². The van der Waals surface area contributed by atoms with E-state index >= 15 is 0 Å². The summed E-state index contributed by atoms with van der Waals surface area (Å²) in [5.74, 6) is 0.786. The number of hydrogen-bond acceptors (Lipinski definition) is 4. The lowest BCUT2D eigenvalue weighted by Gasteiger charge is -2.11. The Labute approximate surface area is 162 Å². The van der Waals surface area contributed by atoms with E-state index in [4.69, 9.17) is 20.5 Å². The highest BCUT2D eigenvalue weighted by molar-refractivity contribution is 14.0. The van der Waals surface area contributed by atoms with Crippen molar-refractivity contribution in [3.8, 4) is 17.6 Å². The van der Waals surface area contributed by atoms with Crippen LogP contribution in [0.3, 0.4) is 0 Å². The van der Waals surface area contributed by atoms with Crippen LogP contribution in [0.2, 0.25) is 0 Å². The zero-order valence-corrected chi connectivity index (χ0v) is 16.1. The van der Waals surface area contributed by atoms with Crippen molar-refractivity contribution in [1.29, 1.82) is 5.26 Å². The summed E-state index contributed by atoms with van der Waals surface area (Å²) in [6.07, 6.45) is 0. The summed E-state index contributed by atoms with van der Waals surface area (Å²) in [7, 11) is 3.08. The molecular weight excluding hydrogens is 438 g/mol. The topological polar surface area (TPSA) is 92.7 Å². The standard InChI is InChI=1S/C17H17FN4O2.HI/c1-23-15-6-5-13(8-16(15)24-2)22-17(20)21-10-12-4-3-11(9-19)7-14(12)18;/h3-8H,10H2,1-2H3,(H3,20,21,22);1H. The van der Waals surface area contributed by atoms with Gasteiger partial charge >= 0.3 is 0 Å². The zero-order valence-electron chi connectivity index (χ0n) is 13.7. The van der Waals surface area contributed by atoms with Gasteiger partial charge in [0.1, 0.15) is 5.82 Å². The molecule has 0 fully saturated rings. The van der Waals surface area contributed by atoms with E-state index in [1.807, 2.05) is 6.07 Å². The number of benzene rings is 2. The second-order valence-corrected chi connectivity index (χ2v) is 4.81. The van der Waals surface area contributed by atoms with Gasteiger partial charge in [-0.2, -0.15) is 5.26 Å². The smallest absolute Gasteiger partial charge is 0.193 e.